The summed E-state index contributed by atoms with van der Waals surface area (Å²) in [7, 11) is 0. The number of rotatable bonds is 4. The lowest BCUT2D eigenvalue weighted by molar-refractivity contribution is 0.0893. The first-order valence-electron chi connectivity index (χ1n) is 7.65. The molecule has 2 atom stereocenters. The molecule has 0 aliphatic carbocycles. The Morgan fingerprint density at radius 3 is 2.71 bits per heavy atom. The maximum atomic E-state index is 14.5. The van der Waals surface area contributed by atoms with Gasteiger partial charge >= 0.3 is 0 Å². The smallest absolute Gasteiger partial charge is 0.197 e. The number of hydrogen-bond acceptors (Lipinski definition) is 4. The van der Waals surface area contributed by atoms with Crippen LogP contribution in [0.4, 0.5) is 4.39 Å². The number of fused-ring (bicyclic) bond motifs is 1. The predicted molar refractivity (Wildman–Crippen MR) is 77.2 cm³/mol. The zero-order valence-corrected chi connectivity index (χ0v) is 12.3. The Morgan fingerprint density at radius 1 is 1.24 bits per heavy atom. The third-order valence-corrected chi connectivity index (χ3v) is 4.28. The van der Waals surface area contributed by atoms with E-state index in [0.29, 0.717) is 24.5 Å². The van der Waals surface area contributed by atoms with Gasteiger partial charge in [-0.3, -0.25) is 0 Å². The van der Waals surface area contributed by atoms with Crippen molar-refractivity contribution in [2.45, 2.75) is 25.9 Å². The molecular weight excluding hydrogens is 273 g/mol. The van der Waals surface area contributed by atoms with Crippen molar-refractivity contribution < 1.29 is 19.0 Å². The van der Waals surface area contributed by atoms with E-state index in [-0.39, 0.29) is 11.7 Å². The molecule has 0 bridgehead atoms. The number of aliphatic hydroxyl groups excluding tert-OH is 1. The Labute approximate surface area is 124 Å². The molecule has 1 N–H and O–H groups in total. The van der Waals surface area contributed by atoms with E-state index in [1.807, 2.05) is 6.92 Å². The lowest BCUT2D eigenvalue weighted by atomic mass is 9.96. The standard InChI is InChI=1S/C16H22FNO3/c1-11(10-18-6-2-3-7-18)15(19)12-4-5-13-16(14(12)17)21-9-8-20-13/h4-5,11,15,19H,2-3,6-10H2,1H3/t11-,15?/m1/s1. The van der Waals surface area contributed by atoms with Crippen molar-refractivity contribution in [1.29, 1.82) is 0 Å². The van der Waals surface area contributed by atoms with Crippen LogP contribution in [0.5, 0.6) is 11.5 Å². The van der Waals surface area contributed by atoms with Gasteiger partial charge in [-0.1, -0.05) is 6.92 Å². The number of likely N-dealkylation sites (tertiary alicyclic amines) is 1. The van der Waals surface area contributed by atoms with E-state index in [0.717, 1.165) is 19.6 Å². The summed E-state index contributed by atoms with van der Waals surface area (Å²) in [6.07, 6.45) is 1.59. The molecule has 0 aromatic heterocycles. The molecule has 0 amide bonds. The van der Waals surface area contributed by atoms with Crippen LogP contribution in [0.3, 0.4) is 0 Å². The average Bonchev–Trinajstić information content (AvgIpc) is 3.00. The maximum Gasteiger partial charge on any atom is 0.197 e. The lowest BCUT2D eigenvalue weighted by Gasteiger charge is -2.26. The number of nitrogens with zero attached hydrogens (tertiary/aromatic N) is 1. The zero-order chi connectivity index (χ0) is 14.8. The van der Waals surface area contributed by atoms with Gasteiger partial charge in [-0.2, -0.15) is 0 Å². The number of hydrogen-bond donors (Lipinski definition) is 1. The van der Waals surface area contributed by atoms with Crippen molar-refractivity contribution in [3.05, 3.63) is 23.5 Å². The van der Waals surface area contributed by atoms with Crippen molar-refractivity contribution in [2.24, 2.45) is 5.92 Å². The molecule has 2 aliphatic heterocycles. The van der Waals surface area contributed by atoms with Gasteiger partial charge in [0.25, 0.3) is 0 Å². The average molecular weight is 295 g/mol. The molecule has 1 unspecified atom stereocenters. The molecule has 0 saturated carbocycles. The molecule has 0 spiro atoms. The van der Waals surface area contributed by atoms with Crippen molar-refractivity contribution in [3.63, 3.8) is 0 Å². The quantitative estimate of drug-likeness (QED) is 0.926. The second kappa shape index (κ2) is 6.20. The van der Waals surface area contributed by atoms with E-state index in [1.54, 1.807) is 12.1 Å². The molecule has 2 aliphatic rings. The van der Waals surface area contributed by atoms with Gasteiger partial charge in [-0.15, -0.1) is 0 Å². The Morgan fingerprint density at radius 2 is 1.95 bits per heavy atom. The minimum absolute atomic E-state index is 0.0276. The predicted octanol–water partition coefficient (Wildman–Crippen LogP) is 2.36. The topological polar surface area (TPSA) is 41.9 Å². The summed E-state index contributed by atoms with van der Waals surface area (Å²) < 4.78 is 25.2. The highest BCUT2D eigenvalue weighted by molar-refractivity contribution is 5.46. The fourth-order valence-electron chi connectivity index (χ4n) is 3.10. The summed E-state index contributed by atoms with van der Waals surface area (Å²) in [6.45, 7) is 5.65. The SMILES string of the molecule is C[C@H](CN1CCCC1)C(O)c1ccc2c(c1F)OCCO2. The fraction of sp³-hybridized carbons (Fsp3) is 0.625. The van der Waals surface area contributed by atoms with Crippen LogP contribution in [0.2, 0.25) is 0 Å². The van der Waals surface area contributed by atoms with Crippen LogP contribution in [0.1, 0.15) is 31.4 Å². The van der Waals surface area contributed by atoms with E-state index in [9.17, 15) is 9.50 Å². The van der Waals surface area contributed by atoms with E-state index >= 15 is 0 Å². The summed E-state index contributed by atoms with van der Waals surface area (Å²) in [5.74, 6) is 0.0289. The summed E-state index contributed by atoms with van der Waals surface area (Å²) in [5.41, 5.74) is 0.297. The first kappa shape index (κ1) is 14.6. The second-order valence-electron chi connectivity index (χ2n) is 5.92. The molecule has 1 aromatic rings. The number of ether oxygens (including phenoxy) is 2. The van der Waals surface area contributed by atoms with Crippen molar-refractivity contribution >= 4 is 0 Å². The highest BCUT2D eigenvalue weighted by atomic mass is 19.1. The van der Waals surface area contributed by atoms with Gasteiger partial charge in [-0.25, -0.2) is 4.39 Å². The molecule has 3 rings (SSSR count). The summed E-state index contributed by atoms with van der Waals surface area (Å²) >= 11 is 0. The Hall–Kier alpha value is -1.33. The molecule has 116 valence electrons. The molecule has 1 fully saturated rings. The van der Waals surface area contributed by atoms with Crippen LogP contribution >= 0.6 is 0 Å². The molecule has 5 heteroatoms. The monoisotopic (exact) mass is 295 g/mol. The van der Waals surface area contributed by atoms with Crippen molar-refractivity contribution in [3.8, 4) is 11.5 Å². The molecular formula is C16H22FNO3. The first-order valence-corrected chi connectivity index (χ1v) is 7.65. The molecule has 1 saturated heterocycles. The molecule has 0 radical (unpaired) electrons. The third kappa shape index (κ3) is 2.99. The van der Waals surface area contributed by atoms with Crippen LogP contribution in [-0.2, 0) is 0 Å². The van der Waals surface area contributed by atoms with Crippen LogP contribution in [0.25, 0.3) is 0 Å². The first-order chi connectivity index (χ1) is 10.2. The maximum absolute atomic E-state index is 14.5. The van der Waals surface area contributed by atoms with E-state index in [1.165, 1.54) is 12.8 Å². The highest BCUT2D eigenvalue weighted by Crippen LogP contribution is 2.38. The van der Waals surface area contributed by atoms with Gasteiger partial charge in [0, 0.05) is 12.1 Å². The minimum atomic E-state index is -0.832. The van der Waals surface area contributed by atoms with E-state index in [2.05, 4.69) is 4.90 Å². The number of benzene rings is 1. The van der Waals surface area contributed by atoms with Crippen LogP contribution in [-0.4, -0.2) is 42.9 Å². The van der Waals surface area contributed by atoms with Crippen molar-refractivity contribution in [1.82, 2.24) is 4.90 Å². The molecule has 4 nitrogen and oxygen atoms in total. The third-order valence-electron chi connectivity index (χ3n) is 4.28. The number of aliphatic hydroxyl groups is 1. The van der Waals surface area contributed by atoms with E-state index < -0.39 is 11.9 Å². The normalized spacial score (nSPS) is 21.3. The van der Waals surface area contributed by atoms with Gasteiger partial charge < -0.3 is 19.5 Å². The highest BCUT2D eigenvalue weighted by Gasteiger charge is 2.27. The van der Waals surface area contributed by atoms with Gasteiger partial charge in [0.1, 0.15) is 13.2 Å². The fourth-order valence-corrected chi connectivity index (χ4v) is 3.10. The second-order valence-corrected chi connectivity index (χ2v) is 5.92. The zero-order valence-electron chi connectivity index (χ0n) is 12.3. The molecule has 1 aromatic carbocycles. The molecule has 21 heavy (non-hydrogen) atoms. The van der Waals surface area contributed by atoms with Gasteiger partial charge in [0.2, 0.25) is 0 Å². The number of halogens is 1. The van der Waals surface area contributed by atoms with Gasteiger partial charge in [-0.05, 0) is 44.0 Å². The Balaban J connectivity index is 1.75. The largest absolute Gasteiger partial charge is 0.486 e. The van der Waals surface area contributed by atoms with Crippen LogP contribution in [0, 0.1) is 11.7 Å². The summed E-state index contributed by atoms with van der Waals surface area (Å²) in [4.78, 5) is 2.32. The Kier molecular flexibility index (Phi) is 4.31. The summed E-state index contributed by atoms with van der Waals surface area (Å²) in [5, 5.41) is 10.5. The van der Waals surface area contributed by atoms with Crippen molar-refractivity contribution in [2.75, 3.05) is 32.8 Å². The van der Waals surface area contributed by atoms with Crippen LogP contribution < -0.4 is 9.47 Å². The van der Waals surface area contributed by atoms with Gasteiger partial charge in [0.15, 0.2) is 17.3 Å². The lowest BCUT2D eigenvalue weighted by Crippen LogP contribution is -2.29. The Bertz CT molecular complexity index is 503. The molecule has 2 heterocycles. The summed E-state index contributed by atoms with van der Waals surface area (Å²) in [6, 6.07) is 3.28. The van der Waals surface area contributed by atoms with Gasteiger partial charge in [0.05, 0.1) is 6.10 Å². The van der Waals surface area contributed by atoms with Crippen LogP contribution in [0.15, 0.2) is 12.1 Å². The van der Waals surface area contributed by atoms with E-state index in [4.69, 9.17) is 9.47 Å². The minimum Gasteiger partial charge on any atom is -0.486 e.